The summed E-state index contributed by atoms with van der Waals surface area (Å²) in [6.45, 7) is 5.40. The van der Waals surface area contributed by atoms with Crippen LogP contribution in [-0.4, -0.2) is 6.61 Å². The van der Waals surface area contributed by atoms with Gasteiger partial charge in [-0.1, -0.05) is 41.9 Å². The SMILES string of the molecule is CCOc1ccccc1CNc1c(C)cccc1Cl. The zero-order valence-corrected chi connectivity index (χ0v) is 12.0. The number of anilines is 1. The summed E-state index contributed by atoms with van der Waals surface area (Å²) in [5.74, 6) is 0.919. The topological polar surface area (TPSA) is 21.3 Å². The van der Waals surface area contributed by atoms with Gasteiger partial charge in [-0.15, -0.1) is 0 Å². The highest BCUT2D eigenvalue weighted by atomic mass is 35.5. The van der Waals surface area contributed by atoms with Crippen LogP contribution in [0.3, 0.4) is 0 Å². The van der Waals surface area contributed by atoms with Gasteiger partial charge in [-0.3, -0.25) is 0 Å². The van der Waals surface area contributed by atoms with Gasteiger partial charge in [0.05, 0.1) is 17.3 Å². The molecule has 0 spiro atoms. The van der Waals surface area contributed by atoms with Crippen LogP contribution in [0.2, 0.25) is 5.02 Å². The Morgan fingerprint density at radius 1 is 1.11 bits per heavy atom. The van der Waals surface area contributed by atoms with Crippen molar-refractivity contribution >= 4 is 17.3 Å². The zero-order chi connectivity index (χ0) is 13.7. The molecule has 0 saturated heterocycles. The second-order valence-corrected chi connectivity index (χ2v) is 4.73. The second kappa shape index (κ2) is 6.48. The smallest absolute Gasteiger partial charge is 0.124 e. The molecule has 0 heterocycles. The van der Waals surface area contributed by atoms with E-state index >= 15 is 0 Å². The Kier molecular flexibility index (Phi) is 4.69. The minimum absolute atomic E-state index is 0.669. The summed E-state index contributed by atoms with van der Waals surface area (Å²) in [5.41, 5.74) is 3.25. The van der Waals surface area contributed by atoms with Crippen LogP contribution >= 0.6 is 11.6 Å². The van der Waals surface area contributed by atoms with Crippen LogP contribution in [0.25, 0.3) is 0 Å². The summed E-state index contributed by atoms with van der Waals surface area (Å²) in [6.07, 6.45) is 0. The largest absolute Gasteiger partial charge is 0.494 e. The third-order valence-corrected chi connectivity index (χ3v) is 3.26. The third kappa shape index (κ3) is 3.42. The van der Waals surface area contributed by atoms with E-state index in [0.29, 0.717) is 13.2 Å². The van der Waals surface area contributed by atoms with E-state index in [-0.39, 0.29) is 0 Å². The van der Waals surface area contributed by atoms with Crippen LogP contribution in [0, 0.1) is 6.92 Å². The molecule has 3 heteroatoms. The normalized spacial score (nSPS) is 10.3. The molecule has 0 fully saturated rings. The molecular weight excluding hydrogens is 258 g/mol. The van der Waals surface area contributed by atoms with Gasteiger partial charge < -0.3 is 10.1 Å². The van der Waals surface area contributed by atoms with Gasteiger partial charge in [0.2, 0.25) is 0 Å². The van der Waals surface area contributed by atoms with Gasteiger partial charge in [0.25, 0.3) is 0 Å². The van der Waals surface area contributed by atoms with Crippen molar-refractivity contribution in [1.29, 1.82) is 0 Å². The molecule has 0 aromatic heterocycles. The van der Waals surface area contributed by atoms with E-state index < -0.39 is 0 Å². The first-order chi connectivity index (χ1) is 9.22. The zero-order valence-electron chi connectivity index (χ0n) is 11.2. The third-order valence-electron chi connectivity index (χ3n) is 2.95. The molecule has 2 rings (SSSR count). The lowest BCUT2D eigenvalue weighted by molar-refractivity contribution is 0.337. The number of halogens is 1. The highest BCUT2D eigenvalue weighted by Crippen LogP contribution is 2.27. The Labute approximate surface area is 119 Å². The first-order valence-corrected chi connectivity index (χ1v) is 6.80. The molecule has 0 aliphatic rings. The molecule has 0 amide bonds. The van der Waals surface area contributed by atoms with Gasteiger partial charge in [0, 0.05) is 12.1 Å². The van der Waals surface area contributed by atoms with Gasteiger partial charge in [-0.25, -0.2) is 0 Å². The molecule has 0 radical (unpaired) electrons. The number of ether oxygens (including phenoxy) is 1. The highest BCUT2D eigenvalue weighted by molar-refractivity contribution is 6.33. The quantitative estimate of drug-likeness (QED) is 0.857. The summed E-state index contributed by atoms with van der Waals surface area (Å²) >= 11 is 6.20. The fourth-order valence-electron chi connectivity index (χ4n) is 1.99. The van der Waals surface area contributed by atoms with Gasteiger partial charge in [0.15, 0.2) is 0 Å². The number of rotatable bonds is 5. The molecule has 0 saturated carbocycles. The molecule has 2 aromatic rings. The van der Waals surface area contributed by atoms with Gasteiger partial charge in [0.1, 0.15) is 5.75 Å². The Morgan fingerprint density at radius 3 is 2.63 bits per heavy atom. The summed E-state index contributed by atoms with van der Waals surface area (Å²) in [4.78, 5) is 0. The minimum atomic E-state index is 0.669. The van der Waals surface area contributed by atoms with Gasteiger partial charge in [-0.2, -0.15) is 0 Å². The van der Waals surface area contributed by atoms with Crippen LogP contribution in [0.15, 0.2) is 42.5 Å². The van der Waals surface area contributed by atoms with Gasteiger partial charge in [-0.05, 0) is 31.5 Å². The minimum Gasteiger partial charge on any atom is -0.494 e. The van der Waals surface area contributed by atoms with Crippen LogP contribution in [0.4, 0.5) is 5.69 Å². The molecule has 0 atom stereocenters. The second-order valence-electron chi connectivity index (χ2n) is 4.33. The number of aryl methyl sites for hydroxylation is 1. The fraction of sp³-hybridized carbons (Fsp3) is 0.250. The van der Waals surface area contributed by atoms with Crippen molar-refractivity contribution in [3.05, 3.63) is 58.6 Å². The van der Waals surface area contributed by atoms with Crippen molar-refractivity contribution in [3.8, 4) is 5.75 Å². The molecule has 0 aliphatic carbocycles. The summed E-state index contributed by atoms with van der Waals surface area (Å²) in [5, 5.41) is 4.13. The predicted molar refractivity (Wildman–Crippen MR) is 81.1 cm³/mol. The van der Waals surface area contributed by atoms with Crippen LogP contribution in [0.5, 0.6) is 5.75 Å². The monoisotopic (exact) mass is 275 g/mol. The summed E-state index contributed by atoms with van der Waals surface area (Å²) in [7, 11) is 0. The lowest BCUT2D eigenvalue weighted by Crippen LogP contribution is -2.04. The van der Waals surface area contributed by atoms with Crippen molar-refractivity contribution in [2.75, 3.05) is 11.9 Å². The molecule has 1 N–H and O–H groups in total. The van der Waals surface area contributed by atoms with Crippen molar-refractivity contribution in [2.24, 2.45) is 0 Å². The first kappa shape index (κ1) is 13.8. The van der Waals surface area contributed by atoms with Crippen LogP contribution in [0.1, 0.15) is 18.1 Å². The highest BCUT2D eigenvalue weighted by Gasteiger charge is 2.06. The average Bonchev–Trinajstić information content (AvgIpc) is 2.40. The summed E-state index contributed by atoms with van der Waals surface area (Å²) < 4.78 is 5.61. The molecular formula is C16H18ClNO. The number of nitrogens with one attached hydrogen (secondary N) is 1. The first-order valence-electron chi connectivity index (χ1n) is 6.42. The number of para-hydroxylation sites is 2. The molecule has 0 bridgehead atoms. The standard InChI is InChI=1S/C16H18ClNO/c1-3-19-15-10-5-4-8-13(15)11-18-16-12(2)7-6-9-14(16)17/h4-10,18H,3,11H2,1-2H3. The van der Waals surface area contributed by atoms with Crippen molar-refractivity contribution in [3.63, 3.8) is 0 Å². The predicted octanol–water partition coefficient (Wildman–Crippen LogP) is 4.66. The van der Waals surface area contributed by atoms with Gasteiger partial charge >= 0.3 is 0 Å². The number of benzene rings is 2. The van der Waals surface area contributed by atoms with E-state index in [2.05, 4.69) is 11.4 Å². The maximum Gasteiger partial charge on any atom is 0.124 e. The molecule has 100 valence electrons. The van der Waals surface area contributed by atoms with E-state index in [1.807, 2.05) is 50.2 Å². The average molecular weight is 276 g/mol. The molecule has 19 heavy (non-hydrogen) atoms. The number of hydrogen-bond donors (Lipinski definition) is 1. The van der Waals surface area contributed by atoms with Crippen LogP contribution < -0.4 is 10.1 Å². The Morgan fingerprint density at radius 2 is 1.89 bits per heavy atom. The van der Waals surface area contributed by atoms with Crippen molar-refractivity contribution in [1.82, 2.24) is 0 Å². The van der Waals surface area contributed by atoms with E-state index in [1.165, 1.54) is 0 Å². The Balaban J connectivity index is 2.15. The van der Waals surface area contributed by atoms with E-state index in [4.69, 9.17) is 16.3 Å². The fourth-order valence-corrected chi connectivity index (χ4v) is 2.27. The van der Waals surface area contributed by atoms with E-state index in [0.717, 1.165) is 27.6 Å². The number of hydrogen-bond acceptors (Lipinski definition) is 2. The maximum absolute atomic E-state index is 6.20. The van der Waals surface area contributed by atoms with Crippen molar-refractivity contribution < 1.29 is 4.74 Å². The Bertz CT molecular complexity index is 534. The van der Waals surface area contributed by atoms with Crippen LogP contribution in [-0.2, 0) is 6.54 Å². The molecule has 2 nitrogen and oxygen atoms in total. The maximum atomic E-state index is 6.20. The van der Waals surface area contributed by atoms with E-state index in [9.17, 15) is 0 Å². The lowest BCUT2D eigenvalue weighted by Gasteiger charge is -2.14. The molecule has 2 aromatic carbocycles. The van der Waals surface area contributed by atoms with Crippen molar-refractivity contribution in [2.45, 2.75) is 20.4 Å². The molecule has 0 unspecified atom stereocenters. The lowest BCUT2D eigenvalue weighted by atomic mass is 10.1. The molecule has 0 aliphatic heterocycles. The Hall–Kier alpha value is -1.67. The summed E-state index contributed by atoms with van der Waals surface area (Å²) in [6, 6.07) is 13.9. The van der Waals surface area contributed by atoms with E-state index in [1.54, 1.807) is 0 Å².